The quantitative estimate of drug-likeness (QED) is 0.519. The first kappa shape index (κ1) is 18.7. The molecule has 4 nitrogen and oxygen atoms in total. The van der Waals surface area contributed by atoms with E-state index in [2.05, 4.69) is 11.0 Å². The van der Waals surface area contributed by atoms with E-state index in [4.69, 9.17) is 29.6 Å². The van der Waals surface area contributed by atoms with Gasteiger partial charge >= 0.3 is 0 Å². The van der Waals surface area contributed by atoms with Crippen LogP contribution in [0.15, 0.2) is 23.1 Å². The van der Waals surface area contributed by atoms with Gasteiger partial charge in [0.1, 0.15) is 9.88 Å². The maximum Gasteiger partial charge on any atom is 0.242 e. The third-order valence-electron chi connectivity index (χ3n) is 2.82. The molecule has 1 aromatic rings. The molecular formula is C13H19ClN2O2S3. The number of hydrogen-bond acceptors (Lipinski definition) is 4. The fraction of sp³-hybridized carbons (Fsp3) is 0.462. The Bertz CT molecular complexity index is 591. The van der Waals surface area contributed by atoms with E-state index in [0.29, 0.717) is 12.1 Å². The van der Waals surface area contributed by atoms with Gasteiger partial charge in [-0.3, -0.25) is 0 Å². The summed E-state index contributed by atoms with van der Waals surface area (Å²) in [4.78, 5) is 0.152. The number of unbranched alkanes of at least 4 members (excludes halogenated alkanes) is 2. The highest BCUT2D eigenvalue weighted by atomic mass is 35.5. The van der Waals surface area contributed by atoms with E-state index in [1.165, 1.54) is 12.1 Å². The normalized spacial score (nSPS) is 11.5. The van der Waals surface area contributed by atoms with Gasteiger partial charge in [0, 0.05) is 12.1 Å². The summed E-state index contributed by atoms with van der Waals surface area (Å²) in [7, 11) is -3.64. The molecule has 118 valence electrons. The molecule has 0 fully saturated rings. The first-order chi connectivity index (χ1) is 9.88. The fourth-order valence-corrected chi connectivity index (χ4v) is 3.91. The molecule has 0 saturated heterocycles. The van der Waals surface area contributed by atoms with Crippen molar-refractivity contribution in [2.24, 2.45) is 5.73 Å². The van der Waals surface area contributed by atoms with Crippen molar-refractivity contribution in [3.8, 4) is 0 Å². The second kappa shape index (κ2) is 8.95. The lowest BCUT2D eigenvalue weighted by molar-refractivity contribution is 0.576. The average molecular weight is 367 g/mol. The van der Waals surface area contributed by atoms with Crippen molar-refractivity contribution >= 4 is 50.6 Å². The molecule has 0 amide bonds. The van der Waals surface area contributed by atoms with Crippen LogP contribution in [0.2, 0.25) is 5.02 Å². The first-order valence-corrected chi connectivity index (χ1v) is 10.1. The highest BCUT2D eigenvalue weighted by Crippen LogP contribution is 2.22. The predicted molar refractivity (Wildman–Crippen MR) is 94.8 cm³/mol. The van der Waals surface area contributed by atoms with Crippen molar-refractivity contribution < 1.29 is 8.42 Å². The van der Waals surface area contributed by atoms with E-state index in [9.17, 15) is 8.42 Å². The Hall–Kier alpha value is -0.340. The largest absolute Gasteiger partial charge is 0.389 e. The molecule has 0 aliphatic heterocycles. The number of halogens is 1. The van der Waals surface area contributed by atoms with Gasteiger partial charge in [0.05, 0.1) is 5.02 Å². The minimum Gasteiger partial charge on any atom is -0.389 e. The van der Waals surface area contributed by atoms with Crippen molar-refractivity contribution in [3.05, 3.63) is 28.8 Å². The van der Waals surface area contributed by atoms with Crippen LogP contribution in [-0.2, 0) is 10.0 Å². The number of rotatable bonds is 9. The summed E-state index contributed by atoms with van der Waals surface area (Å²) >= 11 is 12.6. The maximum atomic E-state index is 12.2. The van der Waals surface area contributed by atoms with Crippen LogP contribution in [0.4, 0.5) is 0 Å². The molecule has 8 heteroatoms. The number of sulfonamides is 1. The van der Waals surface area contributed by atoms with Gasteiger partial charge in [-0.25, -0.2) is 13.1 Å². The molecule has 0 atom stereocenters. The third kappa shape index (κ3) is 6.12. The lowest BCUT2D eigenvalue weighted by Gasteiger charge is -2.10. The van der Waals surface area contributed by atoms with Crippen LogP contribution in [0.5, 0.6) is 0 Å². The Labute approximate surface area is 140 Å². The number of thiocarbonyl (C=S) groups is 1. The Morgan fingerprint density at radius 2 is 2.10 bits per heavy atom. The molecule has 0 aliphatic rings. The van der Waals surface area contributed by atoms with Gasteiger partial charge in [-0.15, -0.1) is 0 Å². The maximum absolute atomic E-state index is 12.2. The van der Waals surface area contributed by atoms with Crippen LogP contribution < -0.4 is 10.5 Å². The smallest absolute Gasteiger partial charge is 0.242 e. The van der Waals surface area contributed by atoms with Crippen molar-refractivity contribution in [1.29, 1.82) is 0 Å². The summed E-state index contributed by atoms with van der Waals surface area (Å²) in [6.45, 7) is 0.393. The molecule has 0 unspecified atom stereocenters. The number of benzene rings is 1. The summed E-state index contributed by atoms with van der Waals surface area (Å²) < 4.78 is 27.0. The average Bonchev–Trinajstić information content (AvgIpc) is 2.42. The second-order valence-corrected chi connectivity index (χ2v) is 8.03. The molecule has 1 rings (SSSR count). The highest BCUT2D eigenvalue weighted by molar-refractivity contribution is 7.98. The van der Waals surface area contributed by atoms with E-state index >= 15 is 0 Å². The molecule has 3 N–H and O–H groups in total. The van der Waals surface area contributed by atoms with Gasteiger partial charge in [0.25, 0.3) is 0 Å². The van der Waals surface area contributed by atoms with Gasteiger partial charge < -0.3 is 5.73 Å². The van der Waals surface area contributed by atoms with Crippen molar-refractivity contribution in [2.75, 3.05) is 18.6 Å². The number of nitrogens with one attached hydrogen (secondary N) is 1. The lowest BCUT2D eigenvalue weighted by Crippen LogP contribution is -2.25. The van der Waals surface area contributed by atoms with E-state index in [0.717, 1.165) is 25.0 Å². The third-order valence-corrected chi connectivity index (χ3v) is 5.70. The van der Waals surface area contributed by atoms with Crippen molar-refractivity contribution in [3.63, 3.8) is 0 Å². The van der Waals surface area contributed by atoms with Gasteiger partial charge in [-0.05, 0) is 37.0 Å². The molecular weight excluding hydrogens is 348 g/mol. The van der Waals surface area contributed by atoms with E-state index in [1.54, 1.807) is 17.8 Å². The van der Waals surface area contributed by atoms with Crippen LogP contribution in [0.25, 0.3) is 0 Å². The SMILES string of the molecule is CSCCCCCNS(=O)(=O)c1cc(C(N)=S)ccc1Cl. The molecule has 0 aromatic heterocycles. The standard InChI is InChI=1S/C13H19ClN2O2S3/c1-20-8-4-2-3-7-16-21(17,18)12-9-10(13(15)19)5-6-11(12)14/h5-6,9,16H,2-4,7-8H2,1H3,(H2,15,19). The number of nitrogens with two attached hydrogens (primary N) is 1. The van der Waals surface area contributed by atoms with E-state index in [1.807, 2.05) is 0 Å². The summed E-state index contributed by atoms with van der Waals surface area (Å²) in [5.74, 6) is 1.09. The van der Waals surface area contributed by atoms with Crippen molar-refractivity contribution in [1.82, 2.24) is 4.72 Å². The molecule has 0 aliphatic carbocycles. The molecule has 0 radical (unpaired) electrons. The van der Waals surface area contributed by atoms with Gasteiger partial charge in [-0.2, -0.15) is 11.8 Å². The second-order valence-electron chi connectivity index (χ2n) is 4.46. The summed E-state index contributed by atoms with van der Waals surface area (Å²) in [5, 5.41) is 0.157. The van der Waals surface area contributed by atoms with Gasteiger partial charge in [0.2, 0.25) is 10.0 Å². The number of thioether (sulfide) groups is 1. The zero-order valence-corrected chi connectivity index (χ0v) is 15.0. The first-order valence-electron chi connectivity index (χ1n) is 6.46. The highest BCUT2D eigenvalue weighted by Gasteiger charge is 2.18. The Kier molecular flexibility index (Phi) is 7.97. The van der Waals surface area contributed by atoms with Crippen molar-refractivity contribution in [2.45, 2.75) is 24.2 Å². The van der Waals surface area contributed by atoms with Crippen LogP contribution >= 0.6 is 35.6 Å². The molecule has 0 heterocycles. The van der Waals surface area contributed by atoms with Crippen LogP contribution in [0.1, 0.15) is 24.8 Å². The van der Waals surface area contributed by atoms with E-state index < -0.39 is 10.0 Å². The molecule has 0 saturated carbocycles. The Morgan fingerprint density at radius 3 is 2.71 bits per heavy atom. The lowest BCUT2D eigenvalue weighted by atomic mass is 10.2. The zero-order valence-electron chi connectivity index (χ0n) is 11.8. The van der Waals surface area contributed by atoms with Gasteiger partial charge in [-0.1, -0.05) is 36.3 Å². The van der Waals surface area contributed by atoms with Crippen LogP contribution in [-0.4, -0.2) is 32.0 Å². The van der Waals surface area contributed by atoms with Crippen LogP contribution in [0.3, 0.4) is 0 Å². The Morgan fingerprint density at radius 1 is 1.38 bits per heavy atom. The zero-order chi connectivity index (χ0) is 15.9. The topological polar surface area (TPSA) is 72.2 Å². The minimum atomic E-state index is -3.64. The summed E-state index contributed by atoms with van der Waals surface area (Å²) in [6.07, 6.45) is 4.93. The molecule has 0 spiro atoms. The minimum absolute atomic E-state index is 0.0126. The van der Waals surface area contributed by atoms with Gasteiger partial charge in [0.15, 0.2) is 0 Å². The van der Waals surface area contributed by atoms with Crippen LogP contribution in [0, 0.1) is 0 Å². The molecule has 0 bridgehead atoms. The summed E-state index contributed by atoms with van der Waals surface area (Å²) in [6, 6.07) is 4.50. The molecule has 1 aromatic carbocycles. The summed E-state index contributed by atoms with van der Waals surface area (Å²) in [5.41, 5.74) is 6.00. The molecule has 21 heavy (non-hydrogen) atoms. The Balaban J connectivity index is 2.70. The fourth-order valence-electron chi connectivity index (χ4n) is 1.70. The number of hydrogen-bond donors (Lipinski definition) is 2. The predicted octanol–water partition coefficient (Wildman–Crippen LogP) is 2.79. The monoisotopic (exact) mass is 366 g/mol. The van der Waals surface area contributed by atoms with E-state index in [-0.39, 0.29) is 14.9 Å².